The van der Waals surface area contributed by atoms with Crippen molar-refractivity contribution >= 4 is 5.69 Å². The second kappa shape index (κ2) is 10.1. The quantitative estimate of drug-likeness (QED) is 0.350. The first-order chi connectivity index (χ1) is 13.6. The third-order valence-electron chi connectivity index (χ3n) is 7.03. The molecule has 0 amide bonds. The van der Waals surface area contributed by atoms with E-state index in [1.54, 1.807) is 5.56 Å². The lowest BCUT2D eigenvalue weighted by molar-refractivity contribution is 0.129. The van der Waals surface area contributed by atoms with Crippen molar-refractivity contribution in [2.75, 3.05) is 5.73 Å². The summed E-state index contributed by atoms with van der Waals surface area (Å²) in [6, 6.07) is 17.8. The molecule has 1 nitrogen and oxygen atoms in total. The highest BCUT2D eigenvalue weighted by Gasteiger charge is 2.41. The number of aryl methyl sites for hydroxylation is 1. The van der Waals surface area contributed by atoms with Crippen LogP contribution in [0.25, 0.3) is 0 Å². The molecule has 0 radical (unpaired) electrons. The minimum absolute atomic E-state index is 0.396. The van der Waals surface area contributed by atoms with Crippen LogP contribution in [-0.4, -0.2) is 0 Å². The van der Waals surface area contributed by atoms with E-state index in [4.69, 9.17) is 5.73 Å². The summed E-state index contributed by atoms with van der Waals surface area (Å²) in [7, 11) is 0. The molecule has 0 aliphatic heterocycles. The van der Waals surface area contributed by atoms with Crippen LogP contribution in [0.3, 0.4) is 0 Å². The Hall–Kier alpha value is -1.76. The summed E-state index contributed by atoms with van der Waals surface area (Å²) in [5.74, 6) is 0.686. The lowest BCUT2D eigenvalue weighted by atomic mass is 9.58. The van der Waals surface area contributed by atoms with Crippen molar-refractivity contribution in [3.63, 3.8) is 0 Å². The third-order valence-corrected chi connectivity index (χ3v) is 7.03. The fourth-order valence-corrected chi connectivity index (χ4v) is 5.49. The molecule has 2 atom stereocenters. The van der Waals surface area contributed by atoms with Crippen molar-refractivity contribution in [1.29, 1.82) is 0 Å². The Morgan fingerprint density at radius 2 is 1.68 bits per heavy atom. The van der Waals surface area contributed by atoms with Crippen LogP contribution in [0, 0.1) is 12.3 Å². The Morgan fingerprint density at radius 3 is 2.43 bits per heavy atom. The van der Waals surface area contributed by atoms with E-state index in [0.717, 1.165) is 5.69 Å². The van der Waals surface area contributed by atoms with Gasteiger partial charge in [0, 0.05) is 5.69 Å². The number of hydrogen-bond acceptors (Lipinski definition) is 1. The predicted octanol–water partition coefficient (Wildman–Crippen LogP) is 7.82. The summed E-state index contributed by atoms with van der Waals surface area (Å²) >= 11 is 0. The van der Waals surface area contributed by atoms with Crippen LogP contribution in [-0.2, 0) is 6.42 Å². The monoisotopic (exact) mass is 377 g/mol. The predicted molar refractivity (Wildman–Crippen MR) is 123 cm³/mol. The van der Waals surface area contributed by atoms with Crippen LogP contribution in [0.2, 0.25) is 0 Å². The van der Waals surface area contributed by atoms with Crippen molar-refractivity contribution in [3.05, 3.63) is 65.2 Å². The first-order valence-electron chi connectivity index (χ1n) is 11.5. The summed E-state index contributed by atoms with van der Waals surface area (Å²) in [4.78, 5) is 0. The number of hydrogen-bond donors (Lipinski definition) is 1. The maximum atomic E-state index is 5.96. The normalized spacial score (nSPS) is 22.3. The lowest BCUT2D eigenvalue weighted by Gasteiger charge is -2.46. The van der Waals surface area contributed by atoms with Gasteiger partial charge in [0.25, 0.3) is 0 Å². The second-order valence-corrected chi connectivity index (χ2v) is 9.10. The zero-order valence-electron chi connectivity index (χ0n) is 18.1. The van der Waals surface area contributed by atoms with Gasteiger partial charge >= 0.3 is 0 Å². The van der Waals surface area contributed by atoms with Crippen LogP contribution in [0.5, 0.6) is 0 Å². The Balaban J connectivity index is 1.87. The van der Waals surface area contributed by atoms with Crippen LogP contribution in [0.4, 0.5) is 5.69 Å². The zero-order chi connectivity index (χ0) is 19.8. The zero-order valence-corrected chi connectivity index (χ0v) is 18.1. The maximum absolute atomic E-state index is 5.96. The molecule has 2 unspecified atom stereocenters. The number of benzene rings is 2. The highest BCUT2D eigenvalue weighted by atomic mass is 14.5. The van der Waals surface area contributed by atoms with Gasteiger partial charge < -0.3 is 5.73 Å². The van der Waals surface area contributed by atoms with Crippen molar-refractivity contribution in [2.45, 2.75) is 90.4 Å². The molecule has 1 saturated carbocycles. The van der Waals surface area contributed by atoms with Gasteiger partial charge in [-0.2, -0.15) is 0 Å². The van der Waals surface area contributed by atoms with Crippen molar-refractivity contribution in [2.24, 2.45) is 5.41 Å². The molecule has 1 fully saturated rings. The molecule has 2 aromatic rings. The molecule has 3 rings (SSSR count). The van der Waals surface area contributed by atoms with Gasteiger partial charge in [0.1, 0.15) is 0 Å². The van der Waals surface area contributed by atoms with Crippen molar-refractivity contribution in [1.82, 2.24) is 0 Å². The smallest absolute Gasteiger partial charge is 0.0314 e. The van der Waals surface area contributed by atoms with Crippen LogP contribution < -0.4 is 5.73 Å². The van der Waals surface area contributed by atoms with Gasteiger partial charge in [0.05, 0.1) is 0 Å². The molecule has 0 bridgehead atoms. The number of nitrogens with two attached hydrogens (primary N) is 1. The molecule has 1 aliphatic rings. The largest absolute Gasteiger partial charge is 0.399 e. The molecule has 28 heavy (non-hydrogen) atoms. The fraction of sp³-hybridized carbons (Fsp3) is 0.556. The molecule has 152 valence electrons. The summed E-state index contributed by atoms with van der Waals surface area (Å²) in [6.45, 7) is 4.61. The van der Waals surface area contributed by atoms with Gasteiger partial charge in [-0.1, -0.05) is 88.3 Å². The van der Waals surface area contributed by atoms with Gasteiger partial charge in [0.2, 0.25) is 0 Å². The van der Waals surface area contributed by atoms with Crippen LogP contribution >= 0.6 is 0 Å². The Kier molecular flexibility index (Phi) is 7.59. The number of nitrogen functional groups attached to an aromatic ring is 1. The van der Waals surface area contributed by atoms with Gasteiger partial charge in [0.15, 0.2) is 0 Å². The topological polar surface area (TPSA) is 26.0 Å². The highest BCUT2D eigenvalue weighted by molar-refractivity contribution is 5.40. The van der Waals surface area contributed by atoms with Crippen LogP contribution in [0.15, 0.2) is 48.5 Å². The maximum Gasteiger partial charge on any atom is 0.0314 e. The van der Waals surface area contributed by atoms with E-state index in [2.05, 4.69) is 62.4 Å². The first-order valence-corrected chi connectivity index (χ1v) is 11.5. The Morgan fingerprint density at radius 1 is 0.929 bits per heavy atom. The summed E-state index contributed by atoms with van der Waals surface area (Å²) in [5.41, 5.74) is 11.8. The van der Waals surface area contributed by atoms with Gasteiger partial charge in [-0.3, -0.25) is 0 Å². The average molecular weight is 378 g/mol. The highest BCUT2D eigenvalue weighted by Crippen LogP contribution is 2.53. The third kappa shape index (κ3) is 5.19. The molecule has 1 aliphatic carbocycles. The summed E-state index contributed by atoms with van der Waals surface area (Å²) in [5, 5.41) is 0. The number of unbranched alkanes of at least 4 members (excludes halogenated alkanes) is 4. The van der Waals surface area contributed by atoms with E-state index >= 15 is 0 Å². The number of rotatable bonds is 9. The minimum Gasteiger partial charge on any atom is -0.399 e. The lowest BCUT2D eigenvalue weighted by Crippen LogP contribution is -2.35. The molecule has 0 saturated heterocycles. The van der Waals surface area contributed by atoms with Gasteiger partial charge in [-0.25, -0.2) is 0 Å². The second-order valence-electron chi connectivity index (χ2n) is 9.10. The average Bonchev–Trinajstić information content (AvgIpc) is 2.71. The summed E-state index contributed by atoms with van der Waals surface area (Å²) in [6.07, 6.45) is 14.9. The van der Waals surface area contributed by atoms with Crippen molar-refractivity contribution in [3.8, 4) is 0 Å². The van der Waals surface area contributed by atoms with Gasteiger partial charge in [-0.05, 0) is 72.8 Å². The van der Waals surface area contributed by atoms with E-state index < -0.39 is 0 Å². The standard InChI is InChI=1S/C27H39N/c1-3-4-5-6-10-19-27(21-23-15-17-24(28)18-16-23)20-11-9-14-26(27)25-13-8-7-12-22(25)2/h7-8,12-13,15-18,26H,3-6,9-11,14,19-21,28H2,1-2H3. The summed E-state index contributed by atoms with van der Waals surface area (Å²) < 4.78 is 0. The molecule has 0 heterocycles. The molecular weight excluding hydrogens is 338 g/mol. The van der Waals surface area contributed by atoms with E-state index in [0.29, 0.717) is 11.3 Å². The first kappa shape index (κ1) is 21.0. The van der Waals surface area contributed by atoms with Crippen molar-refractivity contribution < 1.29 is 0 Å². The fourth-order valence-electron chi connectivity index (χ4n) is 5.49. The molecule has 0 aromatic heterocycles. The Labute approximate surface area is 172 Å². The SMILES string of the molecule is CCCCCCCC1(Cc2ccc(N)cc2)CCCCC1c1ccccc1C. The van der Waals surface area contributed by atoms with E-state index in [1.807, 2.05) is 0 Å². The molecule has 1 heteroatoms. The van der Waals surface area contributed by atoms with Crippen LogP contribution in [0.1, 0.15) is 93.7 Å². The number of anilines is 1. The van der Waals surface area contributed by atoms with E-state index in [9.17, 15) is 0 Å². The van der Waals surface area contributed by atoms with E-state index in [1.165, 1.54) is 81.8 Å². The van der Waals surface area contributed by atoms with E-state index in [-0.39, 0.29) is 0 Å². The molecule has 0 spiro atoms. The molecule has 2 aromatic carbocycles. The molecule has 2 N–H and O–H groups in total. The Bertz CT molecular complexity index is 717. The minimum atomic E-state index is 0.396. The van der Waals surface area contributed by atoms with Gasteiger partial charge in [-0.15, -0.1) is 0 Å². The molecular formula is C27H39N.